The standard InChI is InChI=1S/C29H28ClN7OS/c1-3-37-27-20(13-23(28(37)38)22-6-4-19(14-24(22)30)25-16-39-17-33-25)15-32-29(35-27)34-21-5-7-26(18(2)12-21)36-10-8-31-9-11-36/h4-7,12-17,31H,3,8-11H2,1-2H3,(H,32,34,35). The summed E-state index contributed by atoms with van der Waals surface area (Å²) in [5.41, 5.74) is 8.52. The molecule has 1 aliphatic rings. The first-order valence-corrected chi connectivity index (χ1v) is 14.3. The first-order valence-electron chi connectivity index (χ1n) is 12.9. The van der Waals surface area contributed by atoms with Gasteiger partial charge in [0.2, 0.25) is 5.95 Å². The number of pyridine rings is 1. The van der Waals surface area contributed by atoms with Crippen LogP contribution in [0.15, 0.2) is 64.3 Å². The van der Waals surface area contributed by atoms with E-state index in [9.17, 15) is 4.79 Å². The van der Waals surface area contributed by atoms with Crippen LogP contribution in [0.3, 0.4) is 0 Å². The lowest BCUT2D eigenvalue weighted by Gasteiger charge is -2.30. The van der Waals surface area contributed by atoms with Crippen molar-refractivity contribution in [2.45, 2.75) is 20.4 Å². The minimum absolute atomic E-state index is 0.144. The highest BCUT2D eigenvalue weighted by atomic mass is 35.5. The number of hydrogen-bond acceptors (Lipinski definition) is 8. The van der Waals surface area contributed by atoms with Crippen LogP contribution in [0.4, 0.5) is 17.3 Å². The Morgan fingerprint density at radius 2 is 1.92 bits per heavy atom. The Bertz CT molecular complexity index is 1710. The molecule has 10 heteroatoms. The largest absolute Gasteiger partial charge is 0.369 e. The summed E-state index contributed by atoms with van der Waals surface area (Å²) in [5, 5.41) is 9.95. The average Bonchev–Trinajstić information content (AvgIpc) is 3.49. The average molecular weight is 558 g/mol. The topological polar surface area (TPSA) is 88.0 Å². The molecule has 2 aromatic carbocycles. The van der Waals surface area contributed by atoms with Gasteiger partial charge in [-0.15, -0.1) is 11.3 Å². The number of thiazole rings is 1. The van der Waals surface area contributed by atoms with E-state index in [1.807, 2.05) is 42.6 Å². The number of anilines is 3. The Labute approximate surface area is 235 Å². The van der Waals surface area contributed by atoms with Gasteiger partial charge in [-0.2, -0.15) is 4.98 Å². The number of halogens is 1. The van der Waals surface area contributed by atoms with Crippen LogP contribution in [0.2, 0.25) is 5.02 Å². The van der Waals surface area contributed by atoms with E-state index in [-0.39, 0.29) is 5.56 Å². The van der Waals surface area contributed by atoms with Crippen LogP contribution in [0, 0.1) is 6.92 Å². The summed E-state index contributed by atoms with van der Waals surface area (Å²) < 4.78 is 1.67. The van der Waals surface area contributed by atoms with Crippen LogP contribution in [0.25, 0.3) is 33.4 Å². The van der Waals surface area contributed by atoms with Crippen LogP contribution in [-0.2, 0) is 6.54 Å². The molecule has 0 bridgehead atoms. The molecule has 1 saturated heterocycles. The van der Waals surface area contributed by atoms with E-state index in [0.717, 1.165) is 48.5 Å². The predicted octanol–water partition coefficient (Wildman–Crippen LogP) is 5.72. The van der Waals surface area contributed by atoms with Gasteiger partial charge in [-0.25, -0.2) is 9.97 Å². The van der Waals surface area contributed by atoms with Crippen LogP contribution < -0.4 is 21.1 Å². The molecule has 0 atom stereocenters. The van der Waals surface area contributed by atoms with E-state index in [1.54, 1.807) is 16.3 Å². The molecule has 0 radical (unpaired) electrons. The molecule has 39 heavy (non-hydrogen) atoms. The summed E-state index contributed by atoms with van der Waals surface area (Å²) in [7, 11) is 0. The number of fused-ring (bicyclic) bond motifs is 1. The van der Waals surface area contributed by atoms with Crippen LogP contribution in [0.1, 0.15) is 12.5 Å². The Hall–Kier alpha value is -3.79. The van der Waals surface area contributed by atoms with Gasteiger partial charge in [0, 0.05) is 82.8 Å². The fourth-order valence-corrected chi connectivity index (χ4v) is 5.92. The molecular formula is C29H28ClN7OS. The summed E-state index contributed by atoms with van der Waals surface area (Å²) in [6, 6.07) is 13.8. The molecule has 1 fully saturated rings. The smallest absolute Gasteiger partial charge is 0.260 e. The lowest BCUT2D eigenvalue weighted by Crippen LogP contribution is -2.43. The highest BCUT2D eigenvalue weighted by Crippen LogP contribution is 2.32. The minimum Gasteiger partial charge on any atom is -0.369 e. The second kappa shape index (κ2) is 10.8. The van der Waals surface area contributed by atoms with E-state index < -0.39 is 0 Å². The van der Waals surface area contributed by atoms with Gasteiger partial charge in [0.05, 0.1) is 11.2 Å². The Morgan fingerprint density at radius 1 is 1.08 bits per heavy atom. The lowest BCUT2D eigenvalue weighted by atomic mass is 10.0. The molecule has 198 valence electrons. The summed E-state index contributed by atoms with van der Waals surface area (Å²) >= 11 is 8.20. The molecular weight excluding hydrogens is 530 g/mol. The van der Waals surface area contributed by atoms with Crippen molar-refractivity contribution in [3.8, 4) is 22.4 Å². The highest BCUT2D eigenvalue weighted by Gasteiger charge is 2.17. The molecule has 0 aliphatic carbocycles. The van der Waals surface area contributed by atoms with Crippen molar-refractivity contribution < 1.29 is 0 Å². The quantitative estimate of drug-likeness (QED) is 0.276. The molecule has 5 aromatic rings. The monoisotopic (exact) mass is 557 g/mol. The van der Waals surface area contributed by atoms with Gasteiger partial charge in [-0.05, 0) is 49.7 Å². The highest BCUT2D eigenvalue weighted by molar-refractivity contribution is 7.07. The third-order valence-electron chi connectivity index (χ3n) is 7.04. The van der Waals surface area contributed by atoms with Crippen molar-refractivity contribution in [1.29, 1.82) is 0 Å². The third kappa shape index (κ3) is 5.01. The van der Waals surface area contributed by atoms with E-state index in [4.69, 9.17) is 16.6 Å². The van der Waals surface area contributed by atoms with Gasteiger partial charge in [0.15, 0.2) is 0 Å². The van der Waals surface area contributed by atoms with Crippen molar-refractivity contribution in [2.24, 2.45) is 0 Å². The number of nitrogens with one attached hydrogen (secondary N) is 2. The zero-order valence-electron chi connectivity index (χ0n) is 21.7. The molecule has 8 nitrogen and oxygen atoms in total. The minimum atomic E-state index is -0.144. The van der Waals surface area contributed by atoms with Crippen LogP contribution in [0.5, 0.6) is 0 Å². The first-order chi connectivity index (χ1) is 19.0. The molecule has 1 aliphatic heterocycles. The van der Waals surface area contributed by atoms with Gasteiger partial charge in [-0.1, -0.05) is 23.7 Å². The fraction of sp³-hybridized carbons (Fsp3) is 0.241. The lowest BCUT2D eigenvalue weighted by molar-refractivity contribution is 0.588. The van der Waals surface area contributed by atoms with E-state index in [1.165, 1.54) is 22.6 Å². The first kappa shape index (κ1) is 25.5. The number of aromatic nitrogens is 4. The maximum Gasteiger partial charge on any atom is 0.260 e. The molecule has 0 amide bonds. The second-order valence-corrected chi connectivity index (χ2v) is 10.6. The normalized spacial score (nSPS) is 13.7. The SMILES string of the molecule is CCn1c(=O)c(-c2ccc(-c3cscn3)cc2Cl)cc2cnc(Nc3ccc(N4CCNCC4)c(C)c3)nc21. The maximum absolute atomic E-state index is 13.6. The molecule has 0 unspecified atom stereocenters. The van der Waals surface area contributed by atoms with Gasteiger partial charge >= 0.3 is 0 Å². The summed E-state index contributed by atoms with van der Waals surface area (Å²) in [5.74, 6) is 0.442. The molecule has 0 spiro atoms. The number of hydrogen-bond donors (Lipinski definition) is 2. The summed E-state index contributed by atoms with van der Waals surface area (Å²) in [4.78, 5) is 29.6. The van der Waals surface area contributed by atoms with Crippen molar-refractivity contribution in [3.05, 3.63) is 80.5 Å². The molecule has 2 N–H and O–H groups in total. The summed E-state index contributed by atoms with van der Waals surface area (Å²) in [6.07, 6.45) is 1.75. The zero-order valence-corrected chi connectivity index (χ0v) is 23.3. The Kier molecular flexibility index (Phi) is 7.03. The molecule has 4 heterocycles. The number of piperazine rings is 1. The predicted molar refractivity (Wildman–Crippen MR) is 161 cm³/mol. The maximum atomic E-state index is 13.6. The van der Waals surface area contributed by atoms with Gasteiger partial charge < -0.3 is 15.5 Å². The number of aryl methyl sites for hydroxylation is 2. The number of benzene rings is 2. The van der Waals surface area contributed by atoms with Gasteiger partial charge in [0.1, 0.15) is 5.65 Å². The van der Waals surface area contributed by atoms with Crippen molar-refractivity contribution in [2.75, 3.05) is 36.4 Å². The zero-order chi connectivity index (χ0) is 26.9. The molecule has 6 rings (SSSR count). The molecule has 0 saturated carbocycles. The molecule has 3 aromatic heterocycles. The van der Waals surface area contributed by atoms with Gasteiger partial charge in [-0.3, -0.25) is 9.36 Å². The van der Waals surface area contributed by atoms with E-state index in [0.29, 0.717) is 34.3 Å². The van der Waals surface area contributed by atoms with Crippen molar-refractivity contribution in [3.63, 3.8) is 0 Å². The Morgan fingerprint density at radius 3 is 2.64 bits per heavy atom. The van der Waals surface area contributed by atoms with Crippen LogP contribution in [-0.4, -0.2) is 45.7 Å². The van der Waals surface area contributed by atoms with E-state index >= 15 is 0 Å². The fourth-order valence-electron chi connectivity index (χ4n) is 5.08. The second-order valence-electron chi connectivity index (χ2n) is 9.51. The number of rotatable bonds is 6. The summed E-state index contributed by atoms with van der Waals surface area (Å²) in [6.45, 7) is 8.51. The third-order valence-corrected chi connectivity index (χ3v) is 7.94. The van der Waals surface area contributed by atoms with Gasteiger partial charge in [0.25, 0.3) is 5.56 Å². The van der Waals surface area contributed by atoms with Crippen LogP contribution >= 0.6 is 22.9 Å². The van der Waals surface area contributed by atoms with Crippen molar-refractivity contribution in [1.82, 2.24) is 24.8 Å². The van der Waals surface area contributed by atoms with E-state index in [2.05, 4.69) is 44.6 Å². The van der Waals surface area contributed by atoms with Crippen molar-refractivity contribution >= 4 is 51.3 Å². The Balaban J connectivity index is 1.32. The number of nitrogens with zero attached hydrogens (tertiary/aromatic N) is 5.